The summed E-state index contributed by atoms with van der Waals surface area (Å²) in [4.78, 5) is 15.4. The molecule has 0 saturated heterocycles. The van der Waals surface area contributed by atoms with Gasteiger partial charge in [0.25, 0.3) is 5.92 Å². The zero-order valence-corrected chi connectivity index (χ0v) is 9.72. The number of alkyl halides is 2. The number of pyridine rings is 1. The highest BCUT2D eigenvalue weighted by Gasteiger charge is 2.41. The van der Waals surface area contributed by atoms with Crippen LogP contribution in [0.25, 0.3) is 0 Å². The molecule has 0 bridgehead atoms. The molecule has 2 aliphatic carbocycles. The van der Waals surface area contributed by atoms with Gasteiger partial charge in [-0.05, 0) is 24.8 Å². The molecule has 0 radical (unpaired) electrons. The summed E-state index contributed by atoms with van der Waals surface area (Å²) in [6.07, 6.45) is 1.77. The molecule has 1 aromatic heterocycles. The molecular weight excluding hydrogens is 240 g/mol. The van der Waals surface area contributed by atoms with E-state index in [9.17, 15) is 13.6 Å². The molecule has 3 rings (SSSR count). The summed E-state index contributed by atoms with van der Waals surface area (Å²) >= 11 is 0. The normalized spacial score (nSPS) is 19.4. The van der Waals surface area contributed by atoms with Crippen LogP contribution in [0.4, 0.5) is 19.3 Å². The van der Waals surface area contributed by atoms with E-state index in [1.807, 2.05) is 0 Å². The topological polar surface area (TPSA) is 68.0 Å². The van der Waals surface area contributed by atoms with Gasteiger partial charge in [-0.1, -0.05) is 0 Å². The third-order valence-corrected chi connectivity index (χ3v) is 3.52. The molecule has 2 amide bonds. The first-order chi connectivity index (χ1) is 8.46. The first kappa shape index (κ1) is 11.4. The van der Waals surface area contributed by atoms with E-state index in [1.165, 1.54) is 0 Å². The van der Waals surface area contributed by atoms with Gasteiger partial charge in [0.15, 0.2) is 0 Å². The zero-order chi connectivity index (χ0) is 12.9. The molecule has 0 fully saturated rings. The first-order valence-electron chi connectivity index (χ1n) is 5.94. The fraction of sp³-hybridized carbons (Fsp3) is 0.500. The number of carbonyl (C=O) groups excluding carboxylic acids is 1. The van der Waals surface area contributed by atoms with Crippen molar-refractivity contribution in [2.45, 2.75) is 38.0 Å². The third kappa shape index (κ3) is 1.72. The van der Waals surface area contributed by atoms with E-state index in [0.717, 1.165) is 30.5 Å². The van der Waals surface area contributed by atoms with E-state index in [1.54, 1.807) is 0 Å². The molecule has 1 aromatic rings. The van der Waals surface area contributed by atoms with E-state index < -0.39 is 12.0 Å². The number of urea groups is 1. The Bertz CT molecular complexity index is 543. The Hall–Kier alpha value is -1.72. The van der Waals surface area contributed by atoms with Gasteiger partial charge >= 0.3 is 6.03 Å². The van der Waals surface area contributed by atoms with Crippen LogP contribution in [0.15, 0.2) is 0 Å². The maximum Gasteiger partial charge on any atom is 0.316 e. The lowest BCUT2D eigenvalue weighted by atomic mass is 10.1. The van der Waals surface area contributed by atoms with Crippen LogP contribution < -0.4 is 11.1 Å². The number of hydrogen-bond acceptors (Lipinski definition) is 2. The fourth-order valence-corrected chi connectivity index (χ4v) is 2.85. The lowest BCUT2D eigenvalue weighted by Gasteiger charge is -2.13. The van der Waals surface area contributed by atoms with Crippen molar-refractivity contribution in [2.75, 3.05) is 5.32 Å². The number of hydrogen-bond donors (Lipinski definition) is 2. The third-order valence-electron chi connectivity index (χ3n) is 3.52. The maximum absolute atomic E-state index is 13.5. The molecule has 96 valence electrons. The van der Waals surface area contributed by atoms with Gasteiger partial charge in [0.05, 0.1) is 17.8 Å². The van der Waals surface area contributed by atoms with Gasteiger partial charge in [0.2, 0.25) is 0 Å². The summed E-state index contributed by atoms with van der Waals surface area (Å²) in [7, 11) is 0. The smallest absolute Gasteiger partial charge is 0.316 e. The van der Waals surface area contributed by atoms with Gasteiger partial charge in [-0.15, -0.1) is 0 Å². The molecule has 2 aliphatic rings. The summed E-state index contributed by atoms with van der Waals surface area (Å²) in [5.41, 5.74) is 8.18. The number of halogens is 2. The van der Waals surface area contributed by atoms with Crippen molar-refractivity contribution < 1.29 is 13.6 Å². The van der Waals surface area contributed by atoms with E-state index in [-0.39, 0.29) is 12.8 Å². The molecule has 4 nitrogen and oxygen atoms in total. The quantitative estimate of drug-likeness (QED) is 0.801. The second kappa shape index (κ2) is 3.63. The van der Waals surface area contributed by atoms with Gasteiger partial charge in [0.1, 0.15) is 0 Å². The van der Waals surface area contributed by atoms with Gasteiger partial charge < -0.3 is 11.1 Å². The summed E-state index contributed by atoms with van der Waals surface area (Å²) in [6, 6.07) is -0.715. The molecule has 3 N–H and O–H groups in total. The van der Waals surface area contributed by atoms with Crippen molar-refractivity contribution in [1.82, 2.24) is 4.98 Å². The number of rotatable bonds is 1. The largest absolute Gasteiger partial charge is 0.351 e. The number of aryl methyl sites for hydroxylation is 1. The van der Waals surface area contributed by atoms with Crippen molar-refractivity contribution in [3.63, 3.8) is 0 Å². The Morgan fingerprint density at radius 2 is 2.00 bits per heavy atom. The number of fused-ring (bicyclic) bond motifs is 2. The predicted molar refractivity (Wildman–Crippen MR) is 61.8 cm³/mol. The minimum Gasteiger partial charge on any atom is -0.351 e. The van der Waals surface area contributed by atoms with Gasteiger partial charge in [-0.25, -0.2) is 13.6 Å². The van der Waals surface area contributed by atoms with Crippen molar-refractivity contribution >= 4 is 11.7 Å². The summed E-state index contributed by atoms with van der Waals surface area (Å²) in [6.45, 7) is 0. The van der Waals surface area contributed by atoms with Crippen LogP contribution in [0.1, 0.15) is 28.9 Å². The maximum atomic E-state index is 13.5. The van der Waals surface area contributed by atoms with E-state index in [0.29, 0.717) is 16.9 Å². The zero-order valence-electron chi connectivity index (χ0n) is 9.72. The number of nitrogens with one attached hydrogen (secondary N) is 1. The molecule has 0 aromatic carbocycles. The molecule has 0 saturated carbocycles. The Labute approximate surface area is 103 Å². The average molecular weight is 253 g/mol. The number of primary amides is 1. The number of nitrogens with zero attached hydrogens (tertiary/aromatic N) is 1. The number of nitrogens with two attached hydrogens (primary N) is 1. The van der Waals surface area contributed by atoms with E-state index in [4.69, 9.17) is 5.73 Å². The second-order valence-corrected chi connectivity index (χ2v) is 4.89. The Morgan fingerprint density at radius 1 is 1.22 bits per heavy atom. The van der Waals surface area contributed by atoms with Gasteiger partial charge in [-0.3, -0.25) is 4.98 Å². The first-order valence-corrected chi connectivity index (χ1v) is 5.94. The summed E-state index contributed by atoms with van der Waals surface area (Å²) in [5.74, 6) is -2.77. The van der Waals surface area contributed by atoms with Crippen LogP contribution >= 0.6 is 0 Å². The number of anilines is 1. The van der Waals surface area contributed by atoms with Crippen molar-refractivity contribution in [3.8, 4) is 0 Å². The highest BCUT2D eigenvalue weighted by atomic mass is 19.3. The Kier molecular flexibility index (Phi) is 2.30. The highest BCUT2D eigenvalue weighted by molar-refractivity contribution is 5.90. The molecule has 0 spiro atoms. The summed E-state index contributed by atoms with van der Waals surface area (Å²) < 4.78 is 26.9. The van der Waals surface area contributed by atoms with Crippen LogP contribution in [-0.4, -0.2) is 16.9 Å². The SMILES string of the molecule is NC(=O)Nc1c2c(nc3c1CC(F)(F)C3)CCC2. The monoisotopic (exact) mass is 253 g/mol. The standard InChI is InChI=1S/C12H13F2N3O/c13-12(14)4-7-9(5-12)16-8-3-1-2-6(8)10(7)17-11(15)18/h1-5H2,(H3,15,16,17,18). The number of carbonyl (C=O) groups is 1. The average Bonchev–Trinajstić information content (AvgIpc) is 2.79. The molecular formula is C12H13F2N3O. The summed E-state index contributed by atoms with van der Waals surface area (Å²) in [5, 5.41) is 2.51. The molecule has 0 unspecified atom stereocenters. The Morgan fingerprint density at radius 3 is 2.72 bits per heavy atom. The molecule has 6 heteroatoms. The number of aromatic nitrogens is 1. The lowest BCUT2D eigenvalue weighted by molar-refractivity contribution is 0.0126. The minimum absolute atomic E-state index is 0.344. The van der Waals surface area contributed by atoms with Crippen molar-refractivity contribution in [3.05, 3.63) is 22.5 Å². The van der Waals surface area contributed by atoms with Crippen LogP contribution in [0, 0.1) is 0 Å². The van der Waals surface area contributed by atoms with Gasteiger partial charge in [0, 0.05) is 17.7 Å². The van der Waals surface area contributed by atoms with E-state index in [2.05, 4.69) is 10.3 Å². The van der Waals surface area contributed by atoms with E-state index >= 15 is 0 Å². The minimum atomic E-state index is -2.77. The predicted octanol–water partition coefficient (Wildman–Crippen LogP) is 1.79. The van der Waals surface area contributed by atoms with Crippen LogP contribution in [0.2, 0.25) is 0 Å². The number of amides is 2. The fourth-order valence-electron chi connectivity index (χ4n) is 2.85. The highest BCUT2D eigenvalue weighted by Crippen LogP contribution is 2.41. The van der Waals surface area contributed by atoms with Crippen LogP contribution in [0.3, 0.4) is 0 Å². The van der Waals surface area contributed by atoms with Gasteiger partial charge in [-0.2, -0.15) is 0 Å². The molecule has 0 aliphatic heterocycles. The molecule has 1 heterocycles. The van der Waals surface area contributed by atoms with Crippen molar-refractivity contribution in [1.29, 1.82) is 0 Å². The molecule has 18 heavy (non-hydrogen) atoms. The van der Waals surface area contributed by atoms with Crippen LogP contribution in [0.5, 0.6) is 0 Å². The second-order valence-electron chi connectivity index (χ2n) is 4.89. The lowest BCUT2D eigenvalue weighted by Crippen LogP contribution is -2.22. The van der Waals surface area contributed by atoms with Crippen LogP contribution in [-0.2, 0) is 25.7 Å². The Balaban J connectivity index is 2.14. The molecule has 0 atom stereocenters. The van der Waals surface area contributed by atoms with Crippen molar-refractivity contribution in [2.24, 2.45) is 5.73 Å².